The number of benzene rings is 1. The normalized spacial score (nSPS) is 10.9. The zero-order chi connectivity index (χ0) is 13.5. The lowest BCUT2D eigenvalue weighted by molar-refractivity contribution is -0.142. The van der Waals surface area contributed by atoms with E-state index in [4.69, 9.17) is 14.6 Å². The average molecular weight is 253 g/mol. The first-order chi connectivity index (χ1) is 8.58. The molecular weight excluding hydrogens is 238 g/mol. The Balaban J connectivity index is 2.90. The highest BCUT2D eigenvalue weighted by Crippen LogP contribution is 2.25. The number of hydrogen-bond donors (Lipinski definition) is 1. The van der Waals surface area contributed by atoms with Crippen molar-refractivity contribution in [1.82, 2.24) is 0 Å². The topological polar surface area (TPSA) is 77.4 Å². The van der Waals surface area contributed by atoms with E-state index < -0.39 is 12.6 Å². The van der Waals surface area contributed by atoms with Crippen LogP contribution in [0.2, 0.25) is 0 Å². The summed E-state index contributed by atoms with van der Waals surface area (Å²) in [6.07, 6.45) is 0. The minimum atomic E-state index is -1.08. The van der Waals surface area contributed by atoms with Crippen LogP contribution in [0.3, 0.4) is 0 Å². The van der Waals surface area contributed by atoms with E-state index in [0.29, 0.717) is 22.8 Å². The number of carboxylic acids is 1. The average Bonchev–Trinajstić information content (AvgIpc) is 2.37. The molecule has 1 aromatic carbocycles. The number of carboxylic acid groups (broad SMARTS) is 1. The van der Waals surface area contributed by atoms with Crippen molar-refractivity contribution in [2.75, 3.05) is 20.8 Å². The van der Waals surface area contributed by atoms with Gasteiger partial charge in [-0.25, -0.2) is 4.79 Å². The predicted molar refractivity (Wildman–Crippen MR) is 65.3 cm³/mol. The number of ether oxygens (including phenoxy) is 2. The summed E-state index contributed by atoms with van der Waals surface area (Å²) in [6, 6.07) is 5.24. The van der Waals surface area contributed by atoms with Crippen LogP contribution in [0.1, 0.15) is 12.5 Å². The van der Waals surface area contributed by atoms with Crippen LogP contribution >= 0.6 is 0 Å². The molecule has 18 heavy (non-hydrogen) atoms. The van der Waals surface area contributed by atoms with E-state index >= 15 is 0 Å². The Morgan fingerprint density at radius 1 is 1.33 bits per heavy atom. The lowest BCUT2D eigenvalue weighted by Crippen LogP contribution is -2.06. The summed E-state index contributed by atoms with van der Waals surface area (Å²) < 4.78 is 10.3. The van der Waals surface area contributed by atoms with Crippen LogP contribution in [0.5, 0.6) is 11.5 Å². The van der Waals surface area contributed by atoms with Crippen molar-refractivity contribution >= 4 is 11.7 Å². The number of aliphatic carboxylic acids is 1. The highest BCUT2D eigenvalue weighted by molar-refractivity contribution is 6.01. The third kappa shape index (κ3) is 3.65. The van der Waals surface area contributed by atoms with Crippen molar-refractivity contribution in [1.29, 1.82) is 0 Å². The van der Waals surface area contributed by atoms with Crippen molar-refractivity contribution in [3.63, 3.8) is 0 Å². The first kappa shape index (κ1) is 13.8. The monoisotopic (exact) mass is 253 g/mol. The molecule has 0 unspecified atom stereocenters. The van der Waals surface area contributed by atoms with Crippen LogP contribution < -0.4 is 9.47 Å². The smallest absolute Gasteiger partial charge is 0.344 e. The Kier molecular flexibility index (Phi) is 4.98. The van der Waals surface area contributed by atoms with E-state index in [1.807, 2.05) is 0 Å². The number of carbonyl (C=O) groups is 1. The quantitative estimate of drug-likeness (QED) is 0.614. The predicted octanol–water partition coefficient (Wildman–Crippen LogP) is 1.53. The van der Waals surface area contributed by atoms with Gasteiger partial charge < -0.3 is 19.4 Å². The minimum Gasteiger partial charge on any atom is -0.497 e. The molecule has 0 fully saturated rings. The molecule has 0 aromatic heterocycles. The number of methoxy groups -OCH3 is 2. The van der Waals surface area contributed by atoms with Gasteiger partial charge in [-0.2, -0.15) is 0 Å². The van der Waals surface area contributed by atoms with Gasteiger partial charge in [0.15, 0.2) is 0 Å². The van der Waals surface area contributed by atoms with Crippen LogP contribution in [-0.4, -0.2) is 37.6 Å². The van der Waals surface area contributed by atoms with E-state index in [-0.39, 0.29) is 0 Å². The lowest BCUT2D eigenvalue weighted by atomic mass is 10.1. The molecule has 0 aliphatic heterocycles. The number of hydrogen-bond acceptors (Lipinski definition) is 5. The van der Waals surface area contributed by atoms with Crippen molar-refractivity contribution in [2.24, 2.45) is 5.16 Å². The van der Waals surface area contributed by atoms with Gasteiger partial charge in [-0.3, -0.25) is 0 Å². The molecule has 0 atom stereocenters. The molecule has 0 aliphatic carbocycles. The third-order valence-corrected chi connectivity index (χ3v) is 2.19. The Hall–Kier alpha value is -2.24. The highest BCUT2D eigenvalue weighted by Gasteiger charge is 2.08. The molecule has 0 amide bonds. The molecule has 98 valence electrons. The van der Waals surface area contributed by atoms with Gasteiger partial charge in [-0.05, 0) is 19.1 Å². The Bertz CT molecular complexity index is 456. The molecule has 0 heterocycles. The number of oxime groups is 1. The first-order valence-electron chi connectivity index (χ1n) is 5.19. The molecule has 6 heteroatoms. The molecule has 0 radical (unpaired) electrons. The zero-order valence-electron chi connectivity index (χ0n) is 10.5. The summed E-state index contributed by atoms with van der Waals surface area (Å²) in [7, 11) is 3.09. The Morgan fingerprint density at radius 2 is 2.06 bits per heavy atom. The van der Waals surface area contributed by atoms with Crippen LogP contribution in [-0.2, 0) is 9.63 Å². The SMILES string of the molecule is COc1ccc(C(C)=NOCC(=O)O)c(OC)c1. The van der Waals surface area contributed by atoms with Crippen molar-refractivity contribution in [3.05, 3.63) is 23.8 Å². The van der Waals surface area contributed by atoms with E-state index in [1.54, 1.807) is 32.2 Å². The summed E-state index contributed by atoms with van der Waals surface area (Å²) in [5.41, 5.74) is 1.24. The van der Waals surface area contributed by atoms with Gasteiger partial charge in [0.05, 0.1) is 19.9 Å². The van der Waals surface area contributed by atoms with Crippen LogP contribution in [0.25, 0.3) is 0 Å². The van der Waals surface area contributed by atoms with Gasteiger partial charge >= 0.3 is 5.97 Å². The summed E-state index contributed by atoms with van der Waals surface area (Å²) in [6.45, 7) is 1.22. The second-order valence-corrected chi connectivity index (χ2v) is 3.41. The van der Waals surface area contributed by atoms with E-state index in [0.717, 1.165) is 0 Å². The first-order valence-corrected chi connectivity index (χ1v) is 5.19. The summed E-state index contributed by atoms with van der Waals surface area (Å²) in [5, 5.41) is 12.1. The molecule has 0 saturated carbocycles. The standard InChI is InChI=1S/C12H15NO5/c1-8(13-18-7-12(14)15)10-5-4-9(16-2)6-11(10)17-3/h4-6H,7H2,1-3H3,(H,14,15). The van der Waals surface area contributed by atoms with Gasteiger partial charge in [0, 0.05) is 11.6 Å². The lowest BCUT2D eigenvalue weighted by Gasteiger charge is -2.09. The third-order valence-electron chi connectivity index (χ3n) is 2.19. The fourth-order valence-corrected chi connectivity index (χ4v) is 1.33. The van der Waals surface area contributed by atoms with E-state index in [9.17, 15) is 4.79 Å². The zero-order valence-corrected chi connectivity index (χ0v) is 10.5. The van der Waals surface area contributed by atoms with Gasteiger partial charge in [-0.1, -0.05) is 5.16 Å². The number of nitrogens with zero attached hydrogens (tertiary/aromatic N) is 1. The highest BCUT2D eigenvalue weighted by atomic mass is 16.6. The van der Waals surface area contributed by atoms with Crippen LogP contribution in [0, 0.1) is 0 Å². The number of rotatable bonds is 6. The second-order valence-electron chi connectivity index (χ2n) is 3.41. The summed E-state index contributed by atoms with van der Waals surface area (Å²) in [4.78, 5) is 15.0. The molecule has 1 N–H and O–H groups in total. The van der Waals surface area contributed by atoms with E-state index in [1.165, 1.54) is 7.11 Å². The van der Waals surface area contributed by atoms with Gasteiger partial charge in [-0.15, -0.1) is 0 Å². The maximum atomic E-state index is 10.3. The van der Waals surface area contributed by atoms with Crippen LogP contribution in [0.4, 0.5) is 0 Å². The molecule has 0 saturated heterocycles. The second kappa shape index (κ2) is 6.48. The van der Waals surface area contributed by atoms with Gasteiger partial charge in [0.25, 0.3) is 0 Å². The van der Waals surface area contributed by atoms with Crippen molar-refractivity contribution in [2.45, 2.75) is 6.92 Å². The Labute approximate surface area is 105 Å². The molecule has 1 aromatic rings. The Morgan fingerprint density at radius 3 is 2.61 bits per heavy atom. The summed E-state index contributed by atoms with van der Waals surface area (Å²) in [5.74, 6) is 0.164. The largest absolute Gasteiger partial charge is 0.497 e. The van der Waals surface area contributed by atoms with Gasteiger partial charge in [0.2, 0.25) is 6.61 Å². The van der Waals surface area contributed by atoms with Crippen molar-refractivity contribution in [3.8, 4) is 11.5 Å². The molecule has 0 aliphatic rings. The molecule has 0 spiro atoms. The maximum Gasteiger partial charge on any atom is 0.344 e. The molecule has 0 bridgehead atoms. The molecular formula is C12H15NO5. The van der Waals surface area contributed by atoms with Gasteiger partial charge in [0.1, 0.15) is 11.5 Å². The van der Waals surface area contributed by atoms with Crippen molar-refractivity contribution < 1.29 is 24.2 Å². The molecule has 6 nitrogen and oxygen atoms in total. The maximum absolute atomic E-state index is 10.3. The van der Waals surface area contributed by atoms with E-state index in [2.05, 4.69) is 9.99 Å². The minimum absolute atomic E-state index is 0.476. The molecule has 1 rings (SSSR count). The van der Waals surface area contributed by atoms with Crippen LogP contribution in [0.15, 0.2) is 23.4 Å². The summed E-state index contributed by atoms with van der Waals surface area (Å²) >= 11 is 0. The fraction of sp³-hybridized carbons (Fsp3) is 0.333. The fourth-order valence-electron chi connectivity index (χ4n) is 1.33.